The Morgan fingerprint density at radius 1 is 0.322 bits per heavy atom. The van der Waals surface area contributed by atoms with Gasteiger partial charge >= 0.3 is 0 Å². The highest BCUT2D eigenvalue weighted by Gasteiger charge is 2.47. The van der Waals surface area contributed by atoms with Crippen molar-refractivity contribution in [1.82, 2.24) is 0 Å². The Morgan fingerprint density at radius 2 is 0.814 bits per heavy atom. The standard InChI is InChI=1S/C58H43N/c1-57(2)51-30-17-15-28-48(51)49-35-34-46(39-54(49)57)59(47-37-42(40-20-7-3-8-21-40)36-43(38-47)41-22-9-4-10-23-41)55-33-19-32-53-56(55)50-29-16-18-31-52(50)58(53,44-24-11-5-12-25-44)45-26-13-6-14-27-45/h3-39H,1-2H3. The zero-order valence-electron chi connectivity index (χ0n) is 33.3. The van der Waals surface area contributed by atoms with Gasteiger partial charge in [-0.2, -0.15) is 0 Å². The number of hydrogen-bond donors (Lipinski definition) is 0. The highest BCUT2D eigenvalue weighted by Crippen LogP contribution is 2.60. The Bertz CT molecular complexity index is 2900. The van der Waals surface area contributed by atoms with Crippen molar-refractivity contribution in [2.45, 2.75) is 24.7 Å². The summed E-state index contributed by atoms with van der Waals surface area (Å²) in [6.45, 7) is 4.75. The van der Waals surface area contributed by atoms with Gasteiger partial charge in [0.25, 0.3) is 0 Å². The fourth-order valence-corrected chi connectivity index (χ4v) is 10.3. The second kappa shape index (κ2) is 13.7. The molecular weight excluding hydrogens is 711 g/mol. The quantitative estimate of drug-likeness (QED) is 0.157. The number of benzene rings is 9. The van der Waals surface area contributed by atoms with Crippen molar-refractivity contribution in [2.75, 3.05) is 4.90 Å². The summed E-state index contributed by atoms with van der Waals surface area (Å²) in [6.07, 6.45) is 0. The molecule has 0 saturated heterocycles. The van der Waals surface area contributed by atoms with Gasteiger partial charge in [-0.3, -0.25) is 0 Å². The summed E-state index contributed by atoms with van der Waals surface area (Å²) < 4.78 is 0. The van der Waals surface area contributed by atoms with E-state index < -0.39 is 5.41 Å². The smallest absolute Gasteiger partial charge is 0.0714 e. The van der Waals surface area contributed by atoms with E-state index in [0.717, 1.165) is 17.1 Å². The second-order valence-corrected chi connectivity index (χ2v) is 16.5. The van der Waals surface area contributed by atoms with E-state index in [9.17, 15) is 0 Å². The molecule has 0 radical (unpaired) electrons. The predicted octanol–water partition coefficient (Wildman–Crippen LogP) is 15.2. The van der Waals surface area contributed by atoms with Crippen molar-refractivity contribution in [3.05, 3.63) is 258 Å². The first kappa shape index (κ1) is 35.0. The Morgan fingerprint density at radius 3 is 1.42 bits per heavy atom. The first-order valence-corrected chi connectivity index (χ1v) is 20.7. The van der Waals surface area contributed by atoms with Crippen molar-refractivity contribution in [1.29, 1.82) is 0 Å². The molecule has 0 N–H and O–H groups in total. The van der Waals surface area contributed by atoms with Gasteiger partial charge < -0.3 is 4.90 Å². The van der Waals surface area contributed by atoms with Gasteiger partial charge in [0.2, 0.25) is 0 Å². The summed E-state index contributed by atoms with van der Waals surface area (Å²) in [4.78, 5) is 2.54. The van der Waals surface area contributed by atoms with Crippen LogP contribution in [0.2, 0.25) is 0 Å². The van der Waals surface area contributed by atoms with Crippen LogP contribution in [0.1, 0.15) is 47.2 Å². The highest BCUT2D eigenvalue weighted by atomic mass is 15.1. The molecule has 0 atom stereocenters. The molecule has 0 heterocycles. The summed E-state index contributed by atoms with van der Waals surface area (Å²) in [5.41, 5.74) is 20.4. The van der Waals surface area contributed by atoms with Crippen LogP contribution in [0, 0.1) is 0 Å². The van der Waals surface area contributed by atoms with Gasteiger partial charge in [0.15, 0.2) is 0 Å². The molecule has 9 aromatic carbocycles. The second-order valence-electron chi connectivity index (χ2n) is 16.5. The zero-order valence-corrected chi connectivity index (χ0v) is 33.3. The van der Waals surface area contributed by atoms with Gasteiger partial charge in [-0.15, -0.1) is 0 Å². The fraction of sp³-hybridized carbons (Fsp3) is 0.0690. The van der Waals surface area contributed by atoms with Crippen molar-refractivity contribution >= 4 is 17.1 Å². The average Bonchev–Trinajstić information content (AvgIpc) is 3.74. The van der Waals surface area contributed by atoms with Crippen LogP contribution in [0.4, 0.5) is 17.1 Å². The third kappa shape index (κ3) is 5.39. The highest BCUT2D eigenvalue weighted by molar-refractivity contribution is 5.99. The van der Waals surface area contributed by atoms with Gasteiger partial charge in [-0.25, -0.2) is 0 Å². The lowest BCUT2D eigenvalue weighted by atomic mass is 9.68. The van der Waals surface area contributed by atoms with Gasteiger partial charge in [0.1, 0.15) is 0 Å². The summed E-state index contributed by atoms with van der Waals surface area (Å²) >= 11 is 0. The molecular formula is C58H43N. The molecule has 11 rings (SSSR count). The lowest BCUT2D eigenvalue weighted by molar-refractivity contribution is 0.660. The maximum Gasteiger partial charge on any atom is 0.0714 e. The lowest BCUT2D eigenvalue weighted by Crippen LogP contribution is -2.28. The molecule has 0 aromatic heterocycles. The van der Waals surface area contributed by atoms with Gasteiger partial charge in [0, 0.05) is 22.4 Å². The molecule has 280 valence electrons. The minimum Gasteiger partial charge on any atom is -0.310 e. The van der Waals surface area contributed by atoms with Crippen molar-refractivity contribution in [3.8, 4) is 44.5 Å². The van der Waals surface area contributed by atoms with Crippen molar-refractivity contribution in [3.63, 3.8) is 0 Å². The molecule has 2 aliphatic rings. The topological polar surface area (TPSA) is 3.24 Å². The monoisotopic (exact) mass is 753 g/mol. The number of anilines is 3. The van der Waals surface area contributed by atoms with E-state index in [0.29, 0.717) is 0 Å². The minimum absolute atomic E-state index is 0.157. The molecule has 0 amide bonds. The van der Waals surface area contributed by atoms with Crippen LogP contribution in [-0.2, 0) is 10.8 Å². The zero-order chi connectivity index (χ0) is 39.6. The molecule has 0 unspecified atom stereocenters. The Hall–Kier alpha value is -7.22. The van der Waals surface area contributed by atoms with Crippen LogP contribution in [0.5, 0.6) is 0 Å². The van der Waals surface area contributed by atoms with E-state index in [4.69, 9.17) is 0 Å². The first-order valence-electron chi connectivity index (χ1n) is 20.7. The van der Waals surface area contributed by atoms with Crippen LogP contribution in [0.3, 0.4) is 0 Å². The number of nitrogens with zero attached hydrogens (tertiary/aromatic N) is 1. The van der Waals surface area contributed by atoms with Gasteiger partial charge in [-0.05, 0) is 109 Å². The molecule has 9 aromatic rings. The molecule has 0 saturated carbocycles. The van der Waals surface area contributed by atoms with E-state index >= 15 is 0 Å². The maximum atomic E-state index is 2.54. The van der Waals surface area contributed by atoms with E-state index in [-0.39, 0.29) is 5.41 Å². The summed E-state index contributed by atoms with van der Waals surface area (Å²) in [5, 5.41) is 0. The normalized spacial score (nSPS) is 13.9. The molecule has 0 fully saturated rings. The molecule has 0 aliphatic heterocycles. The van der Waals surface area contributed by atoms with E-state index in [1.807, 2.05) is 0 Å². The SMILES string of the molecule is CC1(C)c2ccccc2-c2ccc(N(c3cc(-c4ccccc4)cc(-c4ccccc4)c3)c3cccc4c3-c3ccccc3C4(c3ccccc3)c3ccccc3)cc21. The number of fused-ring (bicyclic) bond motifs is 6. The fourth-order valence-electron chi connectivity index (χ4n) is 10.3. The Balaban J connectivity index is 1.24. The predicted molar refractivity (Wildman–Crippen MR) is 247 cm³/mol. The lowest BCUT2D eigenvalue weighted by Gasteiger charge is -2.34. The molecule has 2 aliphatic carbocycles. The van der Waals surface area contributed by atoms with Crippen LogP contribution in [0.25, 0.3) is 44.5 Å². The van der Waals surface area contributed by atoms with Crippen LogP contribution < -0.4 is 4.90 Å². The van der Waals surface area contributed by atoms with Crippen LogP contribution in [0.15, 0.2) is 224 Å². The van der Waals surface area contributed by atoms with E-state index in [1.165, 1.54) is 77.9 Å². The van der Waals surface area contributed by atoms with Crippen LogP contribution >= 0.6 is 0 Å². The molecule has 1 nitrogen and oxygen atoms in total. The summed E-state index contributed by atoms with van der Waals surface area (Å²) in [6, 6.07) is 83.1. The van der Waals surface area contributed by atoms with E-state index in [2.05, 4.69) is 243 Å². The number of rotatable bonds is 7. The minimum atomic E-state index is -0.515. The Kier molecular flexibility index (Phi) is 8.13. The largest absolute Gasteiger partial charge is 0.310 e. The van der Waals surface area contributed by atoms with Gasteiger partial charge in [0.05, 0.1) is 11.1 Å². The number of hydrogen-bond acceptors (Lipinski definition) is 1. The van der Waals surface area contributed by atoms with Crippen LogP contribution in [-0.4, -0.2) is 0 Å². The first-order chi connectivity index (χ1) is 29.0. The molecule has 0 spiro atoms. The third-order valence-corrected chi connectivity index (χ3v) is 12.9. The average molecular weight is 754 g/mol. The Labute approximate surface area is 347 Å². The third-order valence-electron chi connectivity index (χ3n) is 12.9. The van der Waals surface area contributed by atoms with Crippen molar-refractivity contribution < 1.29 is 0 Å². The van der Waals surface area contributed by atoms with E-state index in [1.54, 1.807) is 0 Å². The molecule has 59 heavy (non-hydrogen) atoms. The summed E-state index contributed by atoms with van der Waals surface area (Å²) in [7, 11) is 0. The molecule has 0 bridgehead atoms. The van der Waals surface area contributed by atoms with Crippen molar-refractivity contribution in [2.24, 2.45) is 0 Å². The molecule has 1 heteroatoms. The van der Waals surface area contributed by atoms with Gasteiger partial charge in [-0.1, -0.05) is 202 Å². The maximum absolute atomic E-state index is 2.54. The summed E-state index contributed by atoms with van der Waals surface area (Å²) in [5.74, 6) is 0.